The molecule has 0 bridgehead atoms. The number of para-hydroxylation sites is 3. The van der Waals surface area contributed by atoms with E-state index in [0.29, 0.717) is 5.56 Å². The van der Waals surface area contributed by atoms with Gasteiger partial charge in [0.25, 0.3) is 0 Å². The van der Waals surface area contributed by atoms with Gasteiger partial charge in [0, 0.05) is 50.8 Å². The fraction of sp³-hybridized carbons (Fsp3) is 0. The molecule has 7 aromatic carbocycles. The van der Waals surface area contributed by atoms with Gasteiger partial charge in [0.1, 0.15) is 0 Å². The number of nitrogens with zero attached hydrogens (tertiary/aromatic N) is 2. The highest BCUT2D eigenvalue weighted by atomic mass is 15.0. The summed E-state index contributed by atoms with van der Waals surface area (Å²) in [6.07, 6.45) is 2.83. The van der Waals surface area contributed by atoms with Crippen molar-refractivity contribution in [3.05, 3.63) is 157 Å². The van der Waals surface area contributed by atoms with Crippen molar-refractivity contribution in [2.24, 2.45) is 0 Å². The van der Waals surface area contributed by atoms with E-state index in [2.05, 4.69) is 149 Å². The summed E-state index contributed by atoms with van der Waals surface area (Å²) in [5.74, 6) is 0. The van der Waals surface area contributed by atoms with Crippen LogP contribution in [0.2, 0.25) is 0 Å². The first-order chi connectivity index (χ1) is 22.8. The minimum Gasteiger partial charge on any atom is -0.309 e. The molecule has 216 valence electrons. The van der Waals surface area contributed by atoms with Crippen molar-refractivity contribution in [2.75, 3.05) is 0 Å². The van der Waals surface area contributed by atoms with Crippen LogP contribution in [-0.2, 0) is 0 Å². The monoisotopic (exact) mass is 588 g/mol. The van der Waals surface area contributed by atoms with Crippen LogP contribution in [0.5, 0.6) is 0 Å². The van der Waals surface area contributed by atoms with Gasteiger partial charge in [-0.25, -0.2) is 0 Å². The molecule has 4 nitrogen and oxygen atoms in total. The number of rotatable bonds is 5. The molecule has 0 radical (unpaired) electrons. The van der Waals surface area contributed by atoms with Crippen LogP contribution in [0, 0.1) is 10.8 Å². The number of nitrogens with one attached hydrogen (secondary N) is 2. The molecule has 0 aliphatic carbocycles. The number of hydrogen-bond donors (Lipinski definition) is 2. The van der Waals surface area contributed by atoms with E-state index in [4.69, 9.17) is 10.8 Å². The topological polar surface area (TPSA) is 57.6 Å². The Balaban J connectivity index is 1.35. The summed E-state index contributed by atoms with van der Waals surface area (Å²) in [5.41, 5.74) is 9.81. The van der Waals surface area contributed by atoms with E-state index >= 15 is 0 Å². The molecule has 0 amide bonds. The molecule has 4 heteroatoms. The lowest BCUT2D eigenvalue weighted by molar-refractivity contribution is 1.17. The molecule has 0 saturated heterocycles. The zero-order valence-corrected chi connectivity index (χ0v) is 24.9. The van der Waals surface area contributed by atoms with Gasteiger partial charge in [0.2, 0.25) is 0 Å². The van der Waals surface area contributed by atoms with E-state index in [0.717, 1.165) is 66.3 Å². The van der Waals surface area contributed by atoms with Crippen LogP contribution in [0.15, 0.2) is 146 Å². The van der Waals surface area contributed by atoms with Gasteiger partial charge in [-0.05, 0) is 70.4 Å². The molecule has 46 heavy (non-hydrogen) atoms. The van der Waals surface area contributed by atoms with Gasteiger partial charge < -0.3 is 20.0 Å². The lowest BCUT2D eigenvalue weighted by Crippen LogP contribution is -2.05. The average Bonchev–Trinajstić information content (AvgIpc) is 3.63. The van der Waals surface area contributed by atoms with E-state index < -0.39 is 0 Å². The van der Waals surface area contributed by atoms with Crippen molar-refractivity contribution in [1.82, 2.24) is 9.13 Å². The van der Waals surface area contributed by atoms with Crippen LogP contribution in [0.4, 0.5) is 0 Å². The van der Waals surface area contributed by atoms with E-state index in [1.54, 1.807) is 0 Å². The predicted molar refractivity (Wildman–Crippen MR) is 194 cm³/mol. The summed E-state index contributed by atoms with van der Waals surface area (Å²) in [4.78, 5) is 0. The Morgan fingerprint density at radius 1 is 0.413 bits per heavy atom. The van der Waals surface area contributed by atoms with Crippen molar-refractivity contribution >= 4 is 66.8 Å². The van der Waals surface area contributed by atoms with Crippen LogP contribution >= 0.6 is 0 Å². The number of fused-ring (bicyclic) bond motifs is 7. The van der Waals surface area contributed by atoms with Gasteiger partial charge in [-0.3, -0.25) is 0 Å². The summed E-state index contributed by atoms with van der Waals surface area (Å²) in [5, 5.41) is 24.4. The first-order valence-electron chi connectivity index (χ1n) is 15.4. The highest BCUT2D eigenvalue weighted by Crippen LogP contribution is 2.42. The van der Waals surface area contributed by atoms with Crippen molar-refractivity contribution < 1.29 is 0 Å². The molecule has 9 aromatic rings. The smallest absolute Gasteiger partial charge is 0.0556 e. The molecule has 0 aliphatic rings. The van der Waals surface area contributed by atoms with E-state index in [1.165, 1.54) is 28.6 Å². The second-order valence-electron chi connectivity index (χ2n) is 11.7. The van der Waals surface area contributed by atoms with Gasteiger partial charge >= 0.3 is 0 Å². The highest BCUT2D eigenvalue weighted by Gasteiger charge is 2.21. The molecular formula is C42H28N4. The second kappa shape index (κ2) is 10.1. The standard InChI is InChI=1S/C42H28N4/c43-25-35-30(32-17-10-20-40-42(32)33-16-7-9-19-38(33)45(40)29-13-2-1-3-14-29)21-22-39(36(35)26-44)46-37-18-8-6-15-31(37)34-23-27-11-4-5-12-28(27)24-41(34)46/h1-26,43-44H. The van der Waals surface area contributed by atoms with E-state index in [1.807, 2.05) is 6.07 Å². The number of hydrogen-bond acceptors (Lipinski definition) is 2. The van der Waals surface area contributed by atoms with Crippen molar-refractivity contribution in [3.8, 4) is 22.5 Å². The molecule has 0 aliphatic heterocycles. The van der Waals surface area contributed by atoms with Crippen LogP contribution in [0.3, 0.4) is 0 Å². The van der Waals surface area contributed by atoms with Gasteiger partial charge in [-0.15, -0.1) is 0 Å². The molecule has 0 unspecified atom stereocenters. The van der Waals surface area contributed by atoms with E-state index in [9.17, 15) is 0 Å². The molecule has 2 aromatic heterocycles. The van der Waals surface area contributed by atoms with Crippen molar-refractivity contribution in [2.45, 2.75) is 0 Å². The van der Waals surface area contributed by atoms with Gasteiger partial charge in [-0.1, -0.05) is 97.1 Å². The van der Waals surface area contributed by atoms with Crippen LogP contribution in [0.1, 0.15) is 11.1 Å². The zero-order valence-electron chi connectivity index (χ0n) is 24.9. The lowest BCUT2D eigenvalue weighted by Gasteiger charge is -2.17. The second-order valence-corrected chi connectivity index (χ2v) is 11.7. The molecule has 0 fully saturated rings. The molecular weight excluding hydrogens is 560 g/mol. The molecule has 0 spiro atoms. The van der Waals surface area contributed by atoms with E-state index in [-0.39, 0.29) is 0 Å². The maximum atomic E-state index is 8.70. The highest BCUT2D eigenvalue weighted by molar-refractivity contribution is 6.18. The fourth-order valence-corrected chi connectivity index (χ4v) is 7.38. The zero-order chi connectivity index (χ0) is 30.8. The first-order valence-corrected chi connectivity index (χ1v) is 15.4. The van der Waals surface area contributed by atoms with Crippen LogP contribution in [-0.4, -0.2) is 21.6 Å². The Bertz CT molecular complexity index is 2670. The Kier molecular flexibility index (Phi) is 5.77. The first kappa shape index (κ1) is 26.2. The largest absolute Gasteiger partial charge is 0.309 e. The third kappa shape index (κ3) is 3.67. The summed E-state index contributed by atoms with van der Waals surface area (Å²) in [6, 6.07) is 51.1. The Morgan fingerprint density at radius 2 is 1.04 bits per heavy atom. The van der Waals surface area contributed by atoms with Crippen molar-refractivity contribution in [1.29, 1.82) is 10.8 Å². The summed E-state index contributed by atoms with van der Waals surface area (Å²) >= 11 is 0. The SMILES string of the molecule is N=Cc1c(-c2cccc3c2c2ccccc2n3-c2ccccc2)ccc(-n2c3ccccc3c3cc4ccccc4cc32)c1C=N. The molecule has 2 heterocycles. The third-order valence-corrected chi connectivity index (χ3v) is 9.34. The minimum absolute atomic E-state index is 0.715. The van der Waals surface area contributed by atoms with Gasteiger partial charge in [-0.2, -0.15) is 0 Å². The molecule has 0 saturated carbocycles. The molecule has 2 N–H and O–H groups in total. The molecule has 0 atom stereocenters. The Morgan fingerprint density at radius 3 is 1.80 bits per heavy atom. The normalized spacial score (nSPS) is 11.7. The van der Waals surface area contributed by atoms with Gasteiger partial charge in [0.05, 0.1) is 27.8 Å². The van der Waals surface area contributed by atoms with Crippen LogP contribution < -0.4 is 0 Å². The predicted octanol–water partition coefficient (Wildman–Crippen LogP) is 10.7. The number of aromatic nitrogens is 2. The quantitative estimate of drug-likeness (QED) is 0.188. The summed E-state index contributed by atoms with van der Waals surface area (Å²) < 4.78 is 4.57. The molecule has 9 rings (SSSR count). The van der Waals surface area contributed by atoms with Crippen molar-refractivity contribution in [3.63, 3.8) is 0 Å². The Hall–Kier alpha value is -6.26. The maximum absolute atomic E-state index is 8.70. The summed E-state index contributed by atoms with van der Waals surface area (Å²) in [6.45, 7) is 0. The Labute approximate surface area is 265 Å². The summed E-state index contributed by atoms with van der Waals surface area (Å²) in [7, 11) is 0. The fourth-order valence-electron chi connectivity index (χ4n) is 7.38. The average molecular weight is 589 g/mol. The lowest BCUT2D eigenvalue weighted by atomic mass is 9.92. The number of benzene rings is 7. The van der Waals surface area contributed by atoms with Crippen LogP contribution in [0.25, 0.3) is 76.9 Å². The van der Waals surface area contributed by atoms with Gasteiger partial charge in [0.15, 0.2) is 0 Å². The maximum Gasteiger partial charge on any atom is 0.0556 e. The minimum atomic E-state index is 0.715. The third-order valence-electron chi connectivity index (χ3n) is 9.34.